The Bertz CT molecular complexity index is 1440. The van der Waals surface area contributed by atoms with Crippen LogP contribution in [-0.2, 0) is 20.9 Å². The van der Waals surface area contributed by atoms with E-state index in [1.165, 1.54) is 0 Å². The molecule has 0 aliphatic carbocycles. The zero-order valence-corrected chi connectivity index (χ0v) is 28.6. The fourth-order valence-corrected chi connectivity index (χ4v) is 7.33. The Balaban J connectivity index is 1.44. The normalized spacial score (nSPS) is 21.0. The lowest BCUT2D eigenvalue weighted by molar-refractivity contribution is -0.884. The second-order valence-electron chi connectivity index (χ2n) is 14.1. The van der Waals surface area contributed by atoms with Crippen LogP contribution in [0.4, 0.5) is 5.69 Å². The van der Waals surface area contributed by atoms with E-state index in [-0.39, 0.29) is 25.2 Å². The van der Waals surface area contributed by atoms with Gasteiger partial charge in [0, 0.05) is 55.8 Å². The Hall–Kier alpha value is -3.83. The van der Waals surface area contributed by atoms with E-state index in [0.29, 0.717) is 56.1 Å². The standard InChI is InChI=1S/C36H50N4O7/c1-6-7-17-39(27-12-8-11-25(18-27)23-40(2,3)4)33(42)22-38-21-28(26-19-30(45-5)35-31(20-26)46-24-47-35)34(36(43)44)29(38)13-9-15-37-16-10-14-32(37)41/h8,11-12,18-20,28-29,34H,6-7,9-10,13-17,21-24H2,1-5H3/p+1/t28-,29+,34?/m1/s1. The summed E-state index contributed by atoms with van der Waals surface area (Å²) in [5, 5.41) is 10.7. The first-order valence-electron chi connectivity index (χ1n) is 16.9. The van der Waals surface area contributed by atoms with Gasteiger partial charge < -0.3 is 33.6 Å². The van der Waals surface area contributed by atoms with Crippen molar-refractivity contribution in [2.75, 3.05) is 72.7 Å². The van der Waals surface area contributed by atoms with Gasteiger partial charge in [0.05, 0.1) is 40.7 Å². The maximum Gasteiger partial charge on any atom is 0.308 e. The van der Waals surface area contributed by atoms with Crippen molar-refractivity contribution in [2.24, 2.45) is 5.92 Å². The second-order valence-corrected chi connectivity index (χ2v) is 14.1. The molecule has 0 radical (unpaired) electrons. The van der Waals surface area contributed by atoms with Gasteiger partial charge in [0.2, 0.25) is 24.4 Å². The highest BCUT2D eigenvalue weighted by Gasteiger charge is 2.47. The summed E-state index contributed by atoms with van der Waals surface area (Å²) >= 11 is 0. The van der Waals surface area contributed by atoms with E-state index in [9.17, 15) is 19.5 Å². The zero-order valence-electron chi connectivity index (χ0n) is 28.6. The molecular formula is C36H51N4O7+. The molecule has 2 fully saturated rings. The van der Waals surface area contributed by atoms with Crippen LogP contribution in [0.1, 0.15) is 62.5 Å². The molecule has 3 aliphatic heterocycles. The number of ether oxygens (including phenoxy) is 3. The lowest BCUT2D eigenvalue weighted by atomic mass is 9.83. The summed E-state index contributed by atoms with van der Waals surface area (Å²) in [5.74, 6) is -0.424. The number of unbranched alkanes of at least 4 members (excludes halogenated alkanes) is 1. The minimum absolute atomic E-state index is 0.0476. The molecule has 3 aliphatic rings. The van der Waals surface area contributed by atoms with Crippen LogP contribution in [0.3, 0.4) is 0 Å². The molecule has 1 N–H and O–H groups in total. The van der Waals surface area contributed by atoms with E-state index in [0.717, 1.165) is 53.6 Å². The molecule has 11 heteroatoms. The fraction of sp³-hybridized carbons (Fsp3) is 0.583. The van der Waals surface area contributed by atoms with Crippen LogP contribution in [-0.4, -0.2) is 111 Å². The number of rotatable bonds is 15. The Morgan fingerprint density at radius 3 is 2.62 bits per heavy atom. The number of hydrogen-bond acceptors (Lipinski definition) is 7. The van der Waals surface area contributed by atoms with Gasteiger partial charge in [0.15, 0.2) is 11.5 Å². The zero-order chi connectivity index (χ0) is 33.7. The predicted molar refractivity (Wildman–Crippen MR) is 179 cm³/mol. The van der Waals surface area contributed by atoms with Gasteiger partial charge in [0.25, 0.3) is 0 Å². The number of nitrogens with zero attached hydrogens (tertiary/aromatic N) is 4. The van der Waals surface area contributed by atoms with Gasteiger partial charge in [-0.2, -0.15) is 0 Å². The van der Waals surface area contributed by atoms with Crippen molar-refractivity contribution in [2.45, 2.75) is 64.0 Å². The van der Waals surface area contributed by atoms with Crippen molar-refractivity contribution < 1.29 is 38.2 Å². The molecule has 5 rings (SSSR count). The molecule has 3 atom stereocenters. The monoisotopic (exact) mass is 651 g/mol. The molecule has 0 aromatic heterocycles. The summed E-state index contributed by atoms with van der Waals surface area (Å²) in [4.78, 5) is 45.4. The topological polar surface area (TPSA) is 109 Å². The Morgan fingerprint density at radius 1 is 1.13 bits per heavy atom. The quantitative estimate of drug-likeness (QED) is 0.284. The van der Waals surface area contributed by atoms with Gasteiger partial charge in [-0.1, -0.05) is 25.5 Å². The first kappa shape index (κ1) is 34.5. The largest absolute Gasteiger partial charge is 0.493 e. The number of carboxylic acid groups (broad SMARTS) is 1. The van der Waals surface area contributed by atoms with Crippen LogP contribution in [0.15, 0.2) is 36.4 Å². The average molecular weight is 652 g/mol. The van der Waals surface area contributed by atoms with Crippen LogP contribution in [0.2, 0.25) is 0 Å². The van der Waals surface area contributed by atoms with Crippen LogP contribution in [0.25, 0.3) is 0 Å². The summed E-state index contributed by atoms with van der Waals surface area (Å²) < 4.78 is 17.6. The third-order valence-electron chi connectivity index (χ3n) is 9.50. The number of carboxylic acids is 1. The highest BCUT2D eigenvalue weighted by Crippen LogP contribution is 2.47. The lowest BCUT2D eigenvalue weighted by Gasteiger charge is -2.30. The van der Waals surface area contributed by atoms with E-state index in [1.54, 1.807) is 7.11 Å². The lowest BCUT2D eigenvalue weighted by Crippen LogP contribution is -2.45. The number of aliphatic carboxylic acids is 1. The maximum absolute atomic E-state index is 14.3. The van der Waals surface area contributed by atoms with Crippen molar-refractivity contribution in [3.05, 3.63) is 47.5 Å². The first-order chi connectivity index (χ1) is 22.5. The SMILES string of the molecule is CCCCN(C(=O)CN1C[C@H](c2cc(OC)c3c(c2)OCO3)C(C(=O)O)[C@@H]1CCCN1CCCC1=O)c1cccc(C[N+](C)(C)C)c1. The van der Waals surface area contributed by atoms with Crippen molar-refractivity contribution in [1.82, 2.24) is 9.80 Å². The molecular weight excluding hydrogens is 600 g/mol. The van der Waals surface area contributed by atoms with Gasteiger partial charge in [-0.25, -0.2) is 0 Å². The van der Waals surface area contributed by atoms with E-state index >= 15 is 0 Å². The molecule has 0 spiro atoms. The minimum atomic E-state index is -0.903. The summed E-state index contributed by atoms with van der Waals surface area (Å²) in [7, 11) is 7.98. The molecule has 2 saturated heterocycles. The summed E-state index contributed by atoms with van der Waals surface area (Å²) in [6.45, 7) is 5.42. The number of anilines is 1. The number of amides is 2. The van der Waals surface area contributed by atoms with E-state index in [2.05, 4.69) is 45.1 Å². The van der Waals surface area contributed by atoms with Crippen LogP contribution < -0.4 is 19.1 Å². The molecule has 2 aromatic rings. The Kier molecular flexibility index (Phi) is 11.0. The van der Waals surface area contributed by atoms with E-state index < -0.39 is 23.8 Å². The Labute approximate surface area is 278 Å². The summed E-state index contributed by atoms with van der Waals surface area (Å²) in [6, 6.07) is 11.5. The molecule has 0 saturated carbocycles. The van der Waals surface area contributed by atoms with Gasteiger partial charge >= 0.3 is 5.97 Å². The smallest absolute Gasteiger partial charge is 0.308 e. The number of likely N-dealkylation sites (tertiary alicyclic amines) is 2. The number of fused-ring (bicyclic) bond motifs is 1. The third kappa shape index (κ3) is 8.19. The van der Waals surface area contributed by atoms with Crippen molar-refractivity contribution in [1.29, 1.82) is 0 Å². The molecule has 0 bridgehead atoms. The van der Waals surface area contributed by atoms with E-state index in [1.807, 2.05) is 34.1 Å². The molecule has 2 aromatic carbocycles. The van der Waals surface area contributed by atoms with Crippen LogP contribution in [0, 0.1) is 5.92 Å². The number of methoxy groups -OCH3 is 1. The van der Waals surface area contributed by atoms with Gasteiger partial charge in [-0.15, -0.1) is 0 Å². The summed E-state index contributed by atoms with van der Waals surface area (Å²) in [5.41, 5.74) is 2.80. The highest BCUT2D eigenvalue weighted by atomic mass is 16.7. The van der Waals surface area contributed by atoms with Crippen LogP contribution >= 0.6 is 0 Å². The number of benzene rings is 2. The summed E-state index contributed by atoms with van der Waals surface area (Å²) in [6.07, 6.45) is 4.45. The minimum Gasteiger partial charge on any atom is -0.493 e. The van der Waals surface area contributed by atoms with Gasteiger partial charge in [-0.05, 0) is 55.5 Å². The van der Waals surface area contributed by atoms with Crippen LogP contribution in [0.5, 0.6) is 17.2 Å². The van der Waals surface area contributed by atoms with Crippen molar-refractivity contribution >= 4 is 23.5 Å². The molecule has 1 unspecified atom stereocenters. The third-order valence-corrected chi connectivity index (χ3v) is 9.50. The fourth-order valence-electron chi connectivity index (χ4n) is 7.33. The molecule has 47 heavy (non-hydrogen) atoms. The predicted octanol–water partition coefficient (Wildman–Crippen LogP) is 4.33. The maximum atomic E-state index is 14.3. The average Bonchev–Trinajstić information content (AvgIpc) is 3.75. The molecule has 3 heterocycles. The highest BCUT2D eigenvalue weighted by molar-refractivity contribution is 5.95. The Morgan fingerprint density at radius 2 is 1.94 bits per heavy atom. The number of carbonyl (C=O) groups excluding carboxylic acids is 2. The molecule has 256 valence electrons. The molecule has 11 nitrogen and oxygen atoms in total. The van der Waals surface area contributed by atoms with E-state index in [4.69, 9.17) is 14.2 Å². The second kappa shape index (κ2) is 14.9. The number of quaternary nitrogens is 1. The van der Waals surface area contributed by atoms with Crippen molar-refractivity contribution in [3.63, 3.8) is 0 Å². The van der Waals surface area contributed by atoms with Gasteiger partial charge in [-0.3, -0.25) is 19.3 Å². The van der Waals surface area contributed by atoms with Gasteiger partial charge in [0.1, 0.15) is 6.54 Å². The first-order valence-corrected chi connectivity index (χ1v) is 16.9. The molecule has 2 amide bonds. The number of hydrogen-bond donors (Lipinski definition) is 1. The number of carbonyl (C=O) groups is 3. The van der Waals surface area contributed by atoms with Crippen molar-refractivity contribution in [3.8, 4) is 17.2 Å².